The molecule has 0 aliphatic carbocycles. The number of hydrogen-bond donors (Lipinski definition) is 2. The van der Waals surface area contributed by atoms with Crippen molar-refractivity contribution in [1.29, 1.82) is 0 Å². The highest BCUT2D eigenvalue weighted by atomic mass is 79.9. The van der Waals surface area contributed by atoms with Crippen LogP contribution in [-0.2, 0) is 0 Å². The second-order valence-electron chi connectivity index (χ2n) is 4.69. The number of hydrogen-bond acceptors (Lipinski definition) is 2. The maximum absolute atomic E-state index is 12.2. The van der Waals surface area contributed by atoms with Gasteiger partial charge in [-0.2, -0.15) is 0 Å². The Labute approximate surface area is 137 Å². The molecule has 3 nitrogen and oxygen atoms in total. The van der Waals surface area contributed by atoms with Gasteiger partial charge in [-0.3, -0.25) is 4.79 Å². The number of carbonyl (C=O) groups is 1. The summed E-state index contributed by atoms with van der Waals surface area (Å²) in [6.07, 6.45) is 0. The number of benzene rings is 2. The monoisotopic (exact) mass is 362 g/mol. The Morgan fingerprint density at radius 1 is 1.19 bits per heavy atom. The second-order valence-corrected chi connectivity index (χ2v) is 6.05. The lowest BCUT2D eigenvalue weighted by molar-refractivity contribution is 0.0940. The van der Waals surface area contributed by atoms with Gasteiger partial charge in [0.05, 0.1) is 6.04 Å². The van der Waals surface area contributed by atoms with Crippen LogP contribution < -0.4 is 11.1 Å². The lowest BCUT2D eigenvalue weighted by atomic mass is 10.1. The van der Waals surface area contributed by atoms with E-state index >= 15 is 0 Å². The van der Waals surface area contributed by atoms with Gasteiger partial charge in [0, 0.05) is 15.6 Å². The average Bonchev–Trinajstić information content (AvgIpc) is 2.47. The first-order valence-corrected chi connectivity index (χ1v) is 7.63. The molecule has 0 fully saturated rings. The van der Waals surface area contributed by atoms with Crippen molar-refractivity contribution in [2.24, 2.45) is 5.73 Å². The minimum absolute atomic E-state index is 0.0785. The average molecular weight is 363 g/mol. The van der Waals surface area contributed by atoms with Gasteiger partial charge in [0.15, 0.2) is 0 Å². The van der Waals surface area contributed by atoms with Crippen molar-refractivity contribution in [3.8, 4) is 0 Å². The second kappa shape index (κ2) is 6.83. The number of nitrogens with two attached hydrogens (primary N) is 1. The van der Waals surface area contributed by atoms with Gasteiger partial charge in [0.2, 0.25) is 0 Å². The van der Waals surface area contributed by atoms with Crippen molar-refractivity contribution < 1.29 is 4.79 Å². The van der Waals surface area contributed by atoms with Crippen LogP contribution in [0, 0.1) is 0 Å². The zero-order valence-electron chi connectivity index (χ0n) is 11.5. The molecule has 3 N–H and O–H groups in total. The van der Waals surface area contributed by atoms with E-state index in [1.54, 1.807) is 24.3 Å². The molecule has 0 spiro atoms. The summed E-state index contributed by atoms with van der Waals surface area (Å²) in [6.45, 7) is 1.95. The molecule has 5 heteroatoms. The number of rotatable bonds is 4. The summed E-state index contributed by atoms with van der Waals surface area (Å²) in [6, 6.07) is 14.7. The number of amides is 1. The van der Waals surface area contributed by atoms with E-state index in [4.69, 9.17) is 18.0 Å². The van der Waals surface area contributed by atoms with Crippen LogP contribution in [0.2, 0.25) is 0 Å². The zero-order valence-corrected chi connectivity index (χ0v) is 13.9. The first kappa shape index (κ1) is 15.7. The van der Waals surface area contributed by atoms with Gasteiger partial charge in [-0.15, -0.1) is 0 Å². The van der Waals surface area contributed by atoms with E-state index in [1.807, 2.05) is 31.2 Å². The lowest BCUT2D eigenvalue weighted by Crippen LogP contribution is -2.26. The molecule has 2 aromatic carbocycles. The highest BCUT2D eigenvalue weighted by Crippen LogP contribution is 2.18. The van der Waals surface area contributed by atoms with E-state index in [1.165, 1.54) is 0 Å². The van der Waals surface area contributed by atoms with Crippen LogP contribution in [0.3, 0.4) is 0 Å². The van der Waals surface area contributed by atoms with E-state index in [0.717, 1.165) is 15.6 Å². The Bertz CT molecular complexity index is 670. The van der Waals surface area contributed by atoms with Crippen LogP contribution >= 0.6 is 28.1 Å². The Morgan fingerprint density at radius 3 is 2.38 bits per heavy atom. The Kier molecular flexibility index (Phi) is 5.09. The van der Waals surface area contributed by atoms with Crippen LogP contribution in [0.1, 0.15) is 34.5 Å². The molecule has 0 saturated carbocycles. The minimum atomic E-state index is -0.128. The summed E-state index contributed by atoms with van der Waals surface area (Å²) in [5.74, 6) is -0.128. The van der Waals surface area contributed by atoms with Gasteiger partial charge in [0.25, 0.3) is 5.91 Å². The van der Waals surface area contributed by atoms with Crippen LogP contribution in [0.25, 0.3) is 0 Å². The first-order chi connectivity index (χ1) is 9.97. The van der Waals surface area contributed by atoms with Crippen molar-refractivity contribution in [3.63, 3.8) is 0 Å². The molecule has 108 valence electrons. The molecule has 2 aromatic rings. The molecule has 1 unspecified atom stereocenters. The lowest BCUT2D eigenvalue weighted by Gasteiger charge is -2.15. The molecule has 0 bridgehead atoms. The van der Waals surface area contributed by atoms with E-state index in [0.29, 0.717) is 10.6 Å². The molecule has 2 rings (SSSR count). The topological polar surface area (TPSA) is 55.1 Å². The maximum atomic E-state index is 12.2. The van der Waals surface area contributed by atoms with E-state index in [2.05, 4.69) is 21.2 Å². The molecule has 0 saturated heterocycles. The largest absolute Gasteiger partial charge is 0.389 e. The summed E-state index contributed by atoms with van der Waals surface area (Å²) in [5.41, 5.74) is 7.91. The van der Waals surface area contributed by atoms with Gasteiger partial charge in [0.1, 0.15) is 4.99 Å². The van der Waals surface area contributed by atoms with Crippen LogP contribution in [-0.4, -0.2) is 10.9 Å². The van der Waals surface area contributed by atoms with Crippen molar-refractivity contribution >= 4 is 39.0 Å². The number of halogens is 1. The Morgan fingerprint density at radius 2 is 1.81 bits per heavy atom. The van der Waals surface area contributed by atoms with Crippen molar-refractivity contribution in [3.05, 3.63) is 69.7 Å². The zero-order chi connectivity index (χ0) is 15.4. The fraction of sp³-hybridized carbons (Fsp3) is 0.125. The predicted octanol–water partition coefficient (Wildman–Crippen LogP) is 3.57. The summed E-state index contributed by atoms with van der Waals surface area (Å²) in [7, 11) is 0. The summed E-state index contributed by atoms with van der Waals surface area (Å²) in [5, 5.41) is 2.96. The highest BCUT2D eigenvalue weighted by molar-refractivity contribution is 9.10. The third kappa shape index (κ3) is 4.12. The molecular formula is C16H15BrN2OS. The van der Waals surface area contributed by atoms with E-state index < -0.39 is 0 Å². The summed E-state index contributed by atoms with van der Waals surface area (Å²) < 4.78 is 0.988. The molecule has 0 heterocycles. The molecule has 1 atom stereocenters. The van der Waals surface area contributed by atoms with Crippen molar-refractivity contribution in [2.45, 2.75) is 13.0 Å². The number of nitrogens with one attached hydrogen (secondary N) is 1. The molecule has 1 amide bonds. The Balaban J connectivity index is 2.08. The standard InChI is InChI=1S/C16H15BrN2OS/c1-10(13-3-2-4-14(17)9-13)19-16(20)12-7-5-11(6-8-12)15(18)21/h2-10H,1H3,(H2,18,21)(H,19,20). The van der Waals surface area contributed by atoms with Crippen LogP contribution in [0.5, 0.6) is 0 Å². The molecule has 0 radical (unpaired) electrons. The smallest absolute Gasteiger partial charge is 0.251 e. The van der Waals surface area contributed by atoms with Gasteiger partial charge in [-0.1, -0.05) is 52.4 Å². The highest BCUT2D eigenvalue weighted by Gasteiger charge is 2.11. The molecule has 21 heavy (non-hydrogen) atoms. The molecule has 0 aliphatic rings. The molecule has 0 aliphatic heterocycles. The normalized spacial score (nSPS) is 11.7. The quantitative estimate of drug-likeness (QED) is 0.817. The maximum Gasteiger partial charge on any atom is 0.251 e. The summed E-state index contributed by atoms with van der Waals surface area (Å²) in [4.78, 5) is 12.5. The van der Waals surface area contributed by atoms with Gasteiger partial charge >= 0.3 is 0 Å². The van der Waals surface area contributed by atoms with Crippen LogP contribution in [0.4, 0.5) is 0 Å². The molecule has 0 aromatic heterocycles. The van der Waals surface area contributed by atoms with E-state index in [-0.39, 0.29) is 11.9 Å². The fourth-order valence-corrected chi connectivity index (χ4v) is 2.48. The molecular weight excluding hydrogens is 348 g/mol. The number of thiocarbonyl (C=S) groups is 1. The minimum Gasteiger partial charge on any atom is -0.389 e. The van der Waals surface area contributed by atoms with Crippen LogP contribution in [0.15, 0.2) is 53.0 Å². The first-order valence-electron chi connectivity index (χ1n) is 6.43. The Hall–Kier alpha value is -1.72. The fourth-order valence-electron chi connectivity index (χ4n) is 1.93. The number of carbonyl (C=O) groups excluding carboxylic acids is 1. The summed E-state index contributed by atoms with van der Waals surface area (Å²) >= 11 is 8.32. The van der Waals surface area contributed by atoms with Crippen molar-refractivity contribution in [2.75, 3.05) is 0 Å². The van der Waals surface area contributed by atoms with Gasteiger partial charge in [-0.05, 0) is 36.8 Å². The van der Waals surface area contributed by atoms with Gasteiger partial charge in [-0.25, -0.2) is 0 Å². The SMILES string of the molecule is CC(NC(=O)c1ccc(C(N)=S)cc1)c1cccc(Br)c1. The van der Waals surface area contributed by atoms with Crippen molar-refractivity contribution in [1.82, 2.24) is 5.32 Å². The third-order valence-corrected chi connectivity index (χ3v) is 3.86. The van der Waals surface area contributed by atoms with Gasteiger partial charge < -0.3 is 11.1 Å². The third-order valence-electron chi connectivity index (χ3n) is 3.13. The van der Waals surface area contributed by atoms with E-state index in [9.17, 15) is 4.79 Å². The predicted molar refractivity (Wildman–Crippen MR) is 92.4 cm³/mol.